The Morgan fingerprint density at radius 2 is 0.540 bits per heavy atom. The van der Waals surface area contributed by atoms with E-state index < -0.39 is 0 Å². The smallest absolute Gasteiger partial charge is 0.138 e. The number of likely N-dealkylation sites (N-methyl/N-ethyl adjacent to an activating group) is 5. The average molecular weight is 2010 g/mol. The highest BCUT2D eigenvalue weighted by molar-refractivity contribution is 9.10. The Balaban J connectivity index is 0.000000105. The third kappa shape index (κ3) is 22.5. The van der Waals surface area contributed by atoms with E-state index in [4.69, 9.17) is 76.4 Å². The fourth-order valence-corrected chi connectivity index (χ4v) is 21.4. The predicted molar refractivity (Wildman–Crippen MR) is 578 cm³/mol. The third-order valence-corrected chi connectivity index (χ3v) is 30.0. The van der Waals surface area contributed by atoms with Crippen LogP contribution in [0.15, 0.2) is 315 Å². The molecule has 0 aliphatic carbocycles. The molecule has 0 radical (unpaired) electrons. The molecular weight excluding hydrogens is 1890 g/mol. The third-order valence-electron chi connectivity index (χ3n) is 26.3. The molecule has 22 nitrogen and oxygen atoms in total. The molecule has 12 aliphatic rings. The molecule has 702 valence electrons. The van der Waals surface area contributed by atoms with Crippen molar-refractivity contribution in [2.24, 2.45) is 30.0 Å². The van der Waals surface area contributed by atoms with Crippen molar-refractivity contribution in [3.05, 3.63) is 319 Å². The van der Waals surface area contributed by atoms with Gasteiger partial charge in [0.05, 0.1) is 62.6 Å². The SMILES string of the molecule is CN1CCN(C2=Nc3cc(Cl)ccc3Nc3ccccc32)CC1.CN1CCN(C2=Nc3ccccc3N(C)c3ccccc32)CC1.CN1CCN(C2=Nc3ccccc3Nc3ccc(Cl)cc32)CC1.CN1CCN(C2=Nc3ccccc3Sc3ccc(Br)cc32)CC1.CN1CCN(C2=Nc3ccccc3Sc3ccc(Cl)cc32)CC1.Clc1ccc2c(c1)N=C(N1CCNCC1)c1ccccc1N2. The van der Waals surface area contributed by atoms with E-state index in [1.807, 2.05) is 115 Å². The van der Waals surface area contributed by atoms with Gasteiger partial charge < -0.3 is 80.1 Å². The van der Waals surface area contributed by atoms with E-state index >= 15 is 0 Å². The summed E-state index contributed by atoms with van der Waals surface area (Å²) in [5.41, 5.74) is 21.4. The molecule has 24 rings (SSSR count). The van der Waals surface area contributed by atoms with Gasteiger partial charge in [-0.3, -0.25) is 0 Å². The maximum absolute atomic E-state index is 6.28. The molecule has 0 unspecified atom stereocenters. The predicted octanol–water partition coefficient (Wildman–Crippen LogP) is 22.3. The largest absolute Gasteiger partial charge is 0.354 e. The highest BCUT2D eigenvalue weighted by Crippen LogP contribution is 2.47. The number of halogens is 5. The van der Waals surface area contributed by atoms with Crippen molar-refractivity contribution in [2.75, 3.05) is 220 Å². The van der Waals surface area contributed by atoms with E-state index in [0.717, 1.165) is 303 Å². The highest BCUT2D eigenvalue weighted by Gasteiger charge is 2.33. The Morgan fingerprint density at radius 3 is 1.01 bits per heavy atom. The second-order valence-electron chi connectivity index (χ2n) is 35.8. The highest BCUT2D eigenvalue weighted by atomic mass is 79.9. The molecule has 12 aromatic carbocycles. The van der Waals surface area contributed by atoms with Gasteiger partial charge in [0.1, 0.15) is 35.0 Å². The van der Waals surface area contributed by atoms with Crippen LogP contribution in [0.5, 0.6) is 0 Å². The Hall–Kier alpha value is -11.2. The summed E-state index contributed by atoms with van der Waals surface area (Å²) in [7, 11) is 13.0. The summed E-state index contributed by atoms with van der Waals surface area (Å²) in [6.07, 6.45) is 0. The molecule has 0 spiro atoms. The van der Waals surface area contributed by atoms with Crippen LogP contribution in [-0.4, -0.2) is 288 Å². The zero-order valence-electron chi connectivity index (χ0n) is 78.1. The number of hydrogen-bond donors (Lipinski definition) is 4. The minimum atomic E-state index is 0.704. The minimum absolute atomic E-state index is 0.704. The quantitative estimate of drug-likeness (QED) is 0.113. The number of piperazine rings is 6. The van der Waals surface area contributed by atoms with Crippen LogP contribution in [0, 0.1) is 0 Å². The van der Waals surface area contributed by atoms with Crippen molar-refractivity contribution in [1.82, 2.24) is 59.2 Å². The summed E-state index contributed by atoms with van der Waals surface area (Å²) in [6, 6.07) is 88.7. The zero-order chi connectivity index (χ0) is 94.0. The van der Waals surface area contributed by atoms with Crippen molar-refractivity contribution in [2.45, 2.75) is 19.6 Å². The van der Waals surface area contributed by atoms with Crippen LogP contribution in [0.1, 0.15) is 33.4 Å². The van der Waals surface area contributed by atoms with Gasteiger partial charge in [-0.2, -0.15) is 0 Å². The standard InChI is InChI=1S/C19H22N4.C18H18BrN3S.2C18H19ClN4.C18H18ClN3S.C17H17ClN4/c1-21-11-13-23(14-12-21)19-15-7-3-5-9-17(15)22(2)18-10-6-4-8-16(18)20-19;1-21-8-10-22(11-9-21)18-14-12-13(19)6-7-16(14)23-17-5-3-2-4-15(17)20-18;1-22-8-10-23(11-9-22)18-14-12-13(19)6-7-15(14)20-16-4-2-3-5-17(16)21-18;1-22-8-10-23(11-9-22)18-14-4-2-3-5-15(14)20-16-7-6-13(19)12-17(16)21-18;1-21-8-10-22(11-9-21)18-14-12-13(19)6-7-16(14)23-17-5-3-2-4-15(17)20-18;18-12-5-6-15-16(11-12)21-17(22-9-7-19-8-10-22)13-3-1-2-4-14(13)20-15/h3-10H,11-14H2,1-2H3;2-7,12H,8-11H2,1H3;2*2-7,12,20H,8-11H2,1H3;2-7,12H,8-11H2,1H3;1-6,11,19-20H,7-10H2. The number of hydrogen-bond acceptors (Lipinski definition) is 24. The molecule has 4 N–H and O–H groups in total. The molecule has 6 saturated heterocycles. The second kappa shape index (κ2) is 43.8. The maximum atomic E-state index is 6.28. The number of anilines is 8. The minimum Gasteiger partial charge on any atom is -0.354 e. The molecule has 6 fully saturated rings. The summed E-state index contributed by atoms with van der Waals surface area (Å²) in [5, 5.41) is 16.8. The first kappa shape index (κ1) is 94.7. The van der Waals surface area contributed by atoms with Crippen LogP contribution in [0.25, 0.3) is 0 Å². The van der Waals surface area contributed by atoms with E-state index in [9.17, 15) is 0 Å². The first-order valence-corrected chi connectivity index (χ1v) is 51.0. The van der Waals surface area contributed by atoms with Crippen molar-refractivity contribution >= 4 is 200 Å². The fourth-order valence-electron chi connectivity index (χ4n) is 18.3. The molecule has 12 aromatic rings. The molecule has 0 saturated carbocycles. The first-order chi connectivity index (χ1) is 66.9. The molecule has 0 atom stereocenters. The number of para-hydroxylation sites is 9. The normalized spacial score (nSPS) is 17.7. The number of aliphatic imine (C=N–C) groups is 6. The Morgan fingerprint density at radius 1 is 0.241 bits per heavy atom. The van der Waals surface area contributed by atoms with Gasteiger partial charge in [-0.05, 0) is 211 Å². The monoisotopic (exact) mass is 2000 g/mol. The number of benzene rings is 12. The first-order valence-electron chi connectivity index (χ1n) is 47.1. The van der Waals surface area contributed by atoms with Gasteiger partial charge in [0.15, 0.2) is 0 Å². The van der Waals surface area contributed by atoms with Gasteiger partial charge >= 0.3 is 0 Å². The van der Waals surface area contributed by atoms with Crippen molar-refractivity contribution in [3.63, 3.8) is 0 Å². The summed E-state index contributed by atoms with van der Waals surface area (Å²) in [4.78, 5) is 63.3. The van der Waals surface area contributed by atoms with Crippen LogP contribution in [-0.2, 0) is 0 Å². The second-order valence-corrected chi connectivity index (χ2v) is 40.6. The van der Waals surface area contributed by atoms with Crippen LogP contribution >= 0.6 is 85.9 Å². The average Bonchev–Trinajstić information content (AvgIpc) is 1.64. The molecule has 12 aliphatic heterocycles. The van der Waals surface area contributed by atoms with Crippen molar-refractivity contribution < 1.29 is 0 Å². The molecular formula is C108H113BrCl4N22S2. The summed E-state index contributed by atoms with van der Waals surface area (Å²) in [5.74, 6) is 6.31. The number of fused-ring (bicyclic) bond motifs is 12. The topological polar surface area (TPSA) is 161 Å². The maximum Gasteiger partial charge on any atom is 0.138 e. The number of amidine groups is 6. The van der Waals surface area contributed by atoms with Gasteiger partial charge in [-0.15, -0.1) is 0 Å². The molecule has 29 heteroatoms. The molecule has 0 bridgehead atoms. The van der Waals surface area contributed by atoms with Crippen molar-refractivity contribution in [3.8, 4) is 0 Å². The van der Waals surface area contributed by atoms with Gasteiger partial charge in [0.25, 0.3) is 0 Å². The van der Waals surface area contributed by atoms with Crippen LogP contribution < -0.4 is 26.2 Å². The lowest BCUT2D eigenvalue weighted by Gasteiger charge is -2.35. The zero-order valence-corrected chi connectivity index (χ0v) is 84.3. The fraction of sp³-hybridized carbons (Fsp3) is 0.278. The van der Waals surface area contributed by atoms with Crippen LogP contribution in [0.4, 0.5) is 79.6 Å². The molecule has 0 aromatic heterocycles. The van der Waals surface area contributed by atoms with E-state index in [1.165, 1.54) is 36.4 Å². The lowest BCUT2D eigenvalue weighted by molar-refractivity contribution is 0.215. The van der Waals surface area contributed by atoms with E-state index in [-0.39, 0.29) is 0 Å². The summed E-state index contributed by atoms with van der Waals surface area (Å²) in [6.45, 7) is 24.5. The van der Waals surface area contributed by atoms with E-state index in [0.29, 0.717) is 10.0 Å². The Labute approximate surface area is 841 Å². The van der Waals surface area contributed by atoms with Gasteiger partial charge in [-0.1, -0.05) is 171 Å². The summed E-state index contributed by atoms with van der Waals surface area (Å²) >= 11 is 32.1. The van der Waals surface area contributed by atoms with Gasteiger partial charge in [-0.25, -0.2) is 30.0 Å². The number of rotatable bonds is 0. The van der Waals surface area contributed by atoms with E-state index in [2.05, 4.69) is 296 Å². The Bertz CT molecular complexity index is 6250. The Kier molecular flexibility index (Phi) is 30.3. The van der Waals surface area contributed by atoms with Crippen molar-refractivity contribution in [1.29, 1.82) is 0 Å². The van der Waals surface area contributed by atoms with E-state index in [1.54, 1.807) is 11.8 Å². The van der Waals surface area contributed by atoms with Crippen LogP contribution in [0.2, 0.25) is 20.1 Å². The number of nitrogens with zero attached hydrogens (tertiary/aromatic N) is 18. The summed E-state index contributed by atoms with van der Waals surface area (Å²) < 4.78 is 1.10. The lowest BCUT2D eigenvalue weighted by Crippen LogP contribution is -2.47. The molecule has 0 amide bonds. The lowest BCUT2D eigenvalue weighted by atomic mass is 10.1. The molecule has 137 heavy (non-hydrogen) atoms. The van der Waals surface area contributed by atoms with Gasteiger partial charge in [0, 0.05) is 259 Å². The van der Waals surface area contributed by atoms with Crippen LogP contribution in [0.3, 0.4) is 0 Å². The molecule has 12 heterocycles. The van der Waals surface area contributed by atoms with Gasteiger partial charge in [0.2, 0.25) is 0 Å². The number of nitrogens with one attached hydrogen (secondary N) is 4.